The van der Waals surface area contributed by atoms with Crippen LogP contribution in [0.2, 0.25) is 0 Å². The SMILES string of the molecule is CCOC(=O)c1c(NC(=O)OC(C)(C)C)oc2cc(CCN3CC[C@@H](F)C3)cnc12. The number of alkyl halides is 1. The molecule has 1 N–H and O–H groups in total. The van der Waals surface area contributed by atoms with Crippen LogP contribution in [0.3, 0.4) is 0 Å². The number of hydrogen-bond donors (Lipinski definition) is 1. The molecule has 9 heteroatoms. The van der Waals surface area contributed by atoms with Gasteiger partial charge in [0.1, 0.15) is 22.9 Å². The molecule has 1 aliphatic rings. The van der Waals surface area contributed by atoms with Crippen molar-refractivity contribution in [1.29, 1.82) is 0 Å². The van der Waals surface area contributed by atoms with Gasteiger partial charge < -0.3 is 18.8 Å². The van der Waals surface area contributed by atoms with E-state index in [1.165, 1.54) is 0 Å². The van der Waals surface area contributed by atoms with Crippen LogP contribution in [-0.2, 0) is 15.9 Å². The van der Waals surface area contributed by atoms with E-state index in [2.05, 4.69) is 15.2 Å². The lowest BCUT2D eigenvalue weighted by Crippen LogP contribution is -2.27. The number of hydrogen-bond acceptors (Lipinski definition) is 7. The van der Waals surface area contributed by atoms with Gasteiger partial charge in [-0.3, -0.25) is 10.3 Å². The van der Waals surface area contributed by atoms with E-state index < -0.39 is 23.8 Å². The zero-order valence-electron chi connectivity index (χ0n) is 17.8. The lowest BCUT2D eigenvalue weighted by atomic mass is 10.1. The van der Waals surface area contributed by atoms with E-state index in [0.717, 1.165) is 12.1 Å². The summed E-state index contributed by atoms with van der Waals surface area (Å²) in [6.07, 6.45) is 1.38. The number of carbonyl (C=O) groups excluding carboxylic acids is 2. The highest BCUT2D eigenvalue weighted by Crippen LogP contribution is 2.30. The monoisotopic (exact) mass is 421 g/mol. The Hall–Kier alpha value is -2.68. The lowest BCUT2D eigenvalue weighted by Gasteiger charge is -2.19. The molecule has 0 bridgehead atoms. The number of carbonyl (C=O) groups is 2. The molecule has 1 atom stereocenters. The number of esters is 1. The Morgan fingerprint density at radius 2 is 2.17 bits per heavy atom. The van der Waals surface area contributed by atoms with Gasteiger partial charge >= 0.3 is 12.1 Å². The van der Waals surface area contributed by atoms with Crippen molar-refractivity contribution < 1.29 is 27.9 Å². The third-order valence-corrected chi connectivity index (χ3v) is 4.61. The van der Waals surface area contributed by atoms with Gasteiger partial charge in [-0.1, -0.05) is 0 Å². The number of fused-ring (bicyclic) bond motifs is 1. The second kappa shape index (κ2) is 8.99. The van der Waals surface area contributed by atoms with E-state index in [9.17, 15) is 14.0 Å². The molecule has 0 unspecified atom stereocenters. The van der Waals surface area contributed by atoms with E-state index in [1.54, 1.807) is 40.0 Å². The number of halogens is 1. The van der Waals surface area contributed by atoms with Gasteiger partial charge in [0.15, 0.2) is 5.58 Å². The fourth-order valence-corrected chi connectivity index (χ4v) is 3.31. The van der Waals surface area contributed by atoms with Gasteiger partial charge in [-0.05, 0) is 52.2 Å². The molecule has 0 aromatic carbocycles. The third-order valence-electron chi connectivity index (χ3n) is 4.61. The zero-order valence-corrected chi connectivity index (χ0v) is 17.8. The van der Waals surface area contributed by atoms with Crippen molar-refractivity contribution in [3.05, 3.63) is 23.4 Å². The van der Waals surface area contributed by atoms with Crippen molar-refractivity contribution in [1.82, 2.24) is 9.88 Å². The standard InChI is InChI=1S/C21H28FN3O5/c1-5-28-19(26)16-17-15(29-18(16)24-20(27)30-21(2,3)4)10-13(11-23-17)6-8-25-9-7-14(22)12-25/h10-11,14H,5-9,12H2,1-4H3,(H,24,27)/t14-/m1/s1. The first-order valence-corrected chi connectivity index (χ1v) is 10.1. The summed E-state index contributed by atoms with van der Waals surface area (Å²) in [4.78, 5) is 31.1. The number of aromatic nitrogens is 1. The summed E-state index contributed by atoms with van der Waals surface area (Å²) in [5, 5.41) is 2.48. The predicted molar refractivity (Wildman–Crippen MR) is 109 cm³/mol. The summed E-state index contributed by atoms with van der Waals surface area (Å²) in [5.41, 5.74) is 0.876. The molecule has 1 aliphatic heterocycles. The second-order valence-electron chi connectivity index (χ2n) is 8.28. The van der Waals surface area contributed by atoms with Crippen molar-refractivity contribution in [3.63, 3.8) is 0 Å². The molecular formula is C21H28FN3O5. The van der Waals surface area contributed by atoms with Crippen LogP contribution in [0, 0.1) is 0 Å². The van der Waals surface area contributed by atoms with Crippen molar-refractivity contribution in [3.8, 4) is 0 Å². The molecular weight excluding hydrogens is 393 g/mol. The van der Waals surface area contributed by atoms with Crippen molar-refractivity contribution in [2.45, 2.75) is 52.3 Å². The van der Waals surface area contributed by atoms with Gasteiger partial charge in [0.05, 0.1) is 6.61 Å². The van der Waals surface area contributed by atoms with Gasteiger partial charge in [0.2, 0.25) is 5.88 Å². The topological polar surface area (TPSA) is 93.9 Å². The molecule has 30 heavy (non-hydrogen) atoms. The number of nitrogens with one attached hydrogen (secondary N) is 1. The quantitative estimate of drug-likeness (QED) is 0.706. The molecule has 0 radical (unpaired) electrons. The summed E-state index contributed by atoms with van der Waals surface area (Å²) in [6, 6.07) is 1.77. The first-order chi connectivity index (χ1) is 14.2. The number of rotatable bonds is 6. The van der Waals surface area contributed by atoms with Crippen LogP contribution in [0.25, 0.3) is 11.1 Å². The smallest absolute Gasteiger partial charge is 0.414 e. The number of furan rings is 1. The average molecular weight is 421 g/mol. The lowest BCUT2D eigenvalue weighted by molar-refractivity contribution is 0.0529. The Kier molecular flexibility index (Phi) is 6.60. The van der Waals surface area contributed by atoms with E-state index >= 15 is 0 Å². The number of ether oxygens (including phenoxy) is 2. The maximum Gasteiger partial charge on any atom is 0.414 e. The van der Waals surface area contributed by atoms with Crippen LogP contribution in [0.5, 0.6) is 0 Å². The van der Waals surface area contributed by atoms with Crippen LogP contribution in [0.1, 0.15) is 50.0 Å². The summed E-state index contributed by atoms with van der Waals surface area (Å²) >= 11 is 0. The van der Waals surface area contributed by atoms with E-state index in [4.69, 9.17) is 13.9 Å². The summed E-state index contributed by atoms with van der Waals surface area (Å²) in [6.45, 7) is 8.96. The van der Waals surface area contributed by atoms with Gasteiger partial charge in [-0.15, -0.1) is 0 Å². The van der Waals surface area contributed by atoms with E-state index in [-0.39, 0.29) is 18.1 Å². The number of anilines is 1. The molecule has 8 nitrogen and oxygen atoms in total. The maximum atomic E-state index is 13.3. The average Bonchev–Trinajstić information content (AvgIpc) is 3.20. The largest absolute Gasteiger partial charge is 0.462 e. The predicted octanol–water partition coefficient (Wildman–Crippen LogP) is 3.94. The second-order valence-corrected chi connectivity index (χ2v) is 8.28. The Bertz CT molecular complexity index is 921. The highest BCUT2D eigenvalue weighted by Gasteiger charge is 2.27. The fourth-order valence-electron chi connectivity index (χ4n) is 3.31. The molecule has 1 fully saturated rings. The number of nitrogens with zero attached hydrogens (tertiary/aromatic N) is 2. The fraction of sp³-hybridized carbons (Fsp3) is 0.571. The highest BCUT2D eigenvalue weighted by atomic mass is 19.1. The number of pyridine rings is 1. The Labute approximate surface area is 174 Å². The molecule has 2 aromatic rings. The van der Waals surface area contributed by atoms with Crippen LogP contribution in [0.4, 0.5) is 15.1 Å². The molecule has 0 spiro atoms. The molecule has 164 valence electrons. The van der Waals surface area contributed by atoms with Crippen LogP contribution < -0.4 is 5.32 Å². The Balaban J connectivity index is 1.83. The molecule has 2 aromatic heterocycles. The van der Waals surface area contributed by atoms with Crippen molar-refractivity contribution >= 4 is 29.0 Å². The zero-order chi connectivity index (χ0) is 21.9. The van der Waals surface area contributed by atoms with E-state index in [1.807, 2.05) is 0 Å². The third kappa shape index (κ3) is 5.47. The molecule has 3 rings (SSSR count). The Morgan fingerprint density at radius 1 is 1.40 bits per heavy atom. The van der Waals surface area contributed by atoms with Gasteiger partial charge in [0.25, 0.3) is 0 Å². The first kappa shape index (κ1) is 22.0. The maximum absolute atomic E-state index is 13.3. The minimum Gasteiger partial charge on any atom is -0.462 e. The normalized spacial score (nSPS) is 17.3. The molecule has 0 saturated carbocycles. The Morgan fingerprint density at radius 3 is 2.80 bits per heavy atom. The minimum atomic E-state index is -0.760. The van der Waals surface area contributed by atoms with Crippen LogP contribution in [-0.4, -0.2) is 60.0 Å². The highest BCUT2D eigenvalue weighted by molar-refractivity contribution is 6.08. The molecule has 1 saturated heterocycles. The summed E-state index contributed by atoms with van der Waals surface area (Å²) < 4.78 is 29.4. The number of likely N-dealkylation sites (tertiary alicyclic amines) is 1. The van der Waals surface area contributed by atoms with Crippen molar-refractivity contribution in [2.24, 2.45) is 0 Å². The number of amides is 1. The van der Waals surface area contributed by atoms with Gasteiger partial charge in [-0.25, -0.2) is 14.0 Å². The van der Waals surface area contributed by atoms with E-state index in [0.29, 0.717) is 37.0 Å². The van der Waals surface area contributed by atoms with Gasteiger partial charge in [-0.2, -0.15) is 0 Å². The molecule has 3 heterocycles. The van der Waals surface area contributed by atoms with Crippen molar-refractivity contribution in [2.75, 3.05) is 31.6 Å². The van der Waals surface area contributed by atoms with Gasteiger partial charge in [0, 0.05) is 25.8 Å². The van der Waals surface area contributed by atoms with Crippen LogP contribution in [0.15, 0.2) is 16.7 Å². The minimum absolute atomic E-state index is 0.0454. The first-order valence-electron chi connectivity index (χ1n) is 10.1. The summed E-state index contributed by atoms with van der Waals surface area (Å²) in [7, 11) is 0. The van der Waals surface area contributed by atoms with Crippen LogP contribution >= 0.6 is 0 Å². The summed E-state index contributed by atoms with van der Waals surface area (Å²) in [5.74, 6) is -0.712. The molecule has 1 amide bonds. The molecule has 0 aliphatic carbocycles.